The minimum Gasteiger partial charge on any atom is -0.360 e. The highest BCUT2D eigenvalue weighted by Crippen LogP contribution is 2.37. The van der Waals surface area contributed by atoms with Crippen molar-refractivity contribution in [3.05, 3.63) is 41.0 Å². The summed E-state index contributed by atoms with van der Waals surface area (Å²) in [4.78, 5) is 10.2. The van der Waals surface area contributed by atoms with Crippen molar-refractivity contribution in [3.63, 3.8) is 0 Å². The standard InChI is InChI=1S/C16H18ClF3N4/c1-3-4-9-24(2)14-7-8-21-15(23-14)22-13-6-5-11(17)10-12(13)16(18,19)20/h5-8,10H,3-4,9H2,1-2H3,(H,21,22,23). The highest BCUT2D eigenvalue weighted by molar-refractivity contribution is 6.30. The molecular formula is C16H18ClF3N4. The Bertz CT molecular complexity index is 691. The smallest absolute Gasteiger partial charge is 0.360 e. The molecular weight excluding hydrogens is 341 g/mol. The summed E-state index contributed by atoms with van der Waals surface area (Å²) in [6.07, 6.45) is -0.974. The van der Waals surface area contributed by atoms with E-state index >= 15 is 0 Å². The number of unbranched alkanes of at least 4 members (excludes halogenated alkanes) is 1. The van der Waals surface area contributed by atoms with E-state index in [2.05, 4.69) is 22.2 Å². The fourth-order valence-corrected chi connectivity index (χ4v) is 2.28. The van der Waals surface area contributed by atoms with Crippen molar-refractivity contribution in [2.45, 2.75) is 25.9 Å². The van der Waals surface area contributed by atoms with Crippen molar-refractivity contribution in [1.82, 2.24) is 9.97 Å². The Morgan fingerprint density at radius 2 is 2.00 bits per heavy atom. The Hall–Kier alpha value is -2.02. The number of anilines is 3. The van der Waals surface area contributed by atoms with Gasteiger partial charge in [-0.3, -0.25) is 0 Å². The molecule has 2 rings (SSSR count). The van der Waals surface area contributed by atoms with E-state index in [-0.39, 0.29) is 16.7 Å². The summed E-state index contributed by atoms with van der Waals surface area (Å²) < 4.78 is 39.4. The van der Waals surface area contributed by atoms with Crippen LogP contribution in [0.25, 0.3) is 0 Å². The van der Waals surface area contributed by atoms with Gasteiger partial charge < -0.3 is 10.2 Å². The second kappa shape index (κ2) is 7.70. The van der Waals surface area contributed by atoms with Gasteiger partial charge in [-0.25, -0.2) is 4.98 Å². The molecule has 0 unspecified atom stereocenters. The van der Waals surface area contributed by atoms with Gasteiger partial charge >= 0.3 is 6.18 Å². The molecule has 0 radical (unpaired) electrons. The summed E-state index contributed by atoms with van der Waals surface area (Å²) in [7, 11) is 1.88. The Morgan fingerprint density at radius 3 is 2.67 bits per heavy atom. The molecule has 2 aromatic rings. The molecule has 130 valence electrons. The topological polar surface area (TPSA) is 41.1 Å². The van der Waals surface area contributed by atoms with E-state index < -0.39 is 11.7 Å². The Balaban J connectivity index is 2.26. The fraction of sp³-hybridized carbons (Fsp3) is 0.375. The van der Waals surface area contributed by atoms with Crippen molar-refractivity contribution >= 4 is 29.1 Å². The van der Waals surface area contributed by atoms with Crippen LogP contribution in [0.5, 0.6) is 0 Å². The molecule has 0 spiro atoms. The molecule has 0 amide bonds. The molecule has 1 heterocycles. The lowest BCUT2D eigenvalue weighted by molar-refractivity contribution is -0.136. The first-order valence-corrected chi connectivity index (χ1v) is 7.87. The number of alkyl halides is 3. The minimum absolute atomic E-state index is 0.0156. The lowest BCUT2D eigenvalue weighted by atomic mass is 10.1. The molecule has 0 saturated heterocycles. The van der Waals surface area contributed by atoms with Crippen molar-refractivity contribution in [1.29, 1.82) is 0 Å². The molecule has 0 aliphatic rings. The number of rotatable bonds is 6. The number of benzene rings is 1. The van der Waals surface area contributed by atoms with Gasteiger partial charge in [0.2, 0.25) is 5.95 Å². The first-order chi connectivity index (χ1) is 11.3. The van der Waals surface area contributed by atoms with Crippen LogP contribution >= 0.6 is 11.6 Å². The number of nitrogens with one attached hydrogen (secondary N) is 1. The maximum atomic E-state index is 13.1. The normalized spacial score (nSPS) is 11.4. The average Bonchev–Trinajstić information content (AvgIpc) is 2.53. The average molecular weight is 359 g/mol. The van der Waals surface area contributed by atoms with Gasteiger partial charge in [0.15, 0.2) is 0 Å². The van der Waals surface area contributed by atoms with E-state index in [9.17, 15) is 13.2 Å². The molecule has 1 aromatic heterocycles. The first-order valence-electron chi connectivity index (χ1n) is 7.49. The summed E-state index contributed by atoms with van der Waals surface area (Å²) in [6.45, 7) is 2.89. The number of aromatic nitrogens is 2. The van der Waals surface area contributed by atoms with Crippen LogP contribution in [0.3, 0.4) is 0 Å². The summed E-state index contributed by atoms with van der Waals surface area (Å²) >= 11 is 5.68. The van der Waals surface area contributed by atoms with Gasteiger partial charge in [0.05, 0.1) is 11.3 Å². The van der Waals surface area contributed by atoms with Crippen LogP contribution in [0.1, 0.15) is 25.3 Å². The van der Waals surface area contributed by atoms with Crippen molar-refractivity contribution < 1.29 is 13.2 Å². The summed E-state index contributed by atoms with van der Waals surface area (Å²) in [6, 6.07) is 5.24. The number of hydrogen-bond acceptors (Lipinski definition) is 4. The van der Waals surface area contributed by atoms with E-state index in [0.717, 1.165) is 25.5 Å². The van der Waals surface area contributed by atoms with Crippen LogP contribution in [0.15, 0.2) is 30.5 Å². The predicted octanol–water partition coefficient (Wildman–Crippen LogP) is 5.13. The van der Waals surface area contributed by atoms with Crippen LogP contribution in [-0.4, -0.2) is 23.6 Å². The van der Waals surface area contributed by atoms with Crippen molar-refractivity contribution in [2.24, 2.45) is 0 Å². The van der Waals surface area contributed by atoms with Crippen LogP contribution in [0.4, 0.5) is 30.6 Å². The van der Waals surface area contributed by atoms with Crippen molar-refractivity contribution in [3.8, 4) is 0 Å². The highest BCUT2D eigenvalue weighted by atomic mass is 35.5. The molecule has 24 heavy (non-hydrogen) atoms. The quantitative estimate of drug-likeness (QED) is 0.777. The van der Waals surface area contributed by atoms with E-state index in [1.54, 1.807) is 6.07 Å². The molecule has 0 aliphatic heterocycles. The van der Waals surface area contributed by atoms with Gasteiger partial charge in [0.25, 0.3) is 0 Å². The Kier molecular flexibility index (Phi) is 5.88. The van der Waals surface area contributed by atoms with Gasteiger partial charge in [-0.05, 0) is 30.7 Å². The molecule has 0 bridgehead atoms. The van der Waals surface area contributed by atoms with Gasteiger partial charge in [0, 0.05) is 24.8 Å². The third-order valence-corrected chi connectivity index (χ3v) is 3.65. The zero-order chi connectivity index (χ0) is 17.7. The lowest BCUT2D eigenvalue weighted by Gasteiger charge is -2.19. The second-order valence-corrected chi connectivity index (χ2v) is 5.76. The predicted molar refractivity (Wildman–Crippen MR) is 89.9 cm³/mol. The van der Waals surface area contributed by atoms with Gasteiger partial charge in [-0.15, -0.1) is 0 Å². The van der Waals surface area contributed by atoms with Gasteiger partial charge in [-0.1, -0.05) is 24.9 Å². The van der Waals surface area contributed by atoms with Crippen LogP contribution in [-0.2, 0) is 6.18 Å². The first kappa shape index (κ1) is 18.3. The van der Waals surface area contributed by atoms with E-state index in [4.69, 9.17) is 11.6 Å². The van der Waals surface area contributed by atoms with E-state index in [0.29, 0.717) is 5.82 Å². The molecule has 1 aromatic carbocycles. The number of nitrogens with zero attached hydrogens (tertiary/aromatic N) is 3. The van der Waals surface area contributed by atoms with Gasteiger partial charge in [0.1, 0.15) is 5.82 Å². The third kappa shape index (κ3) is 4.74. The van der Waals surface area contributed by atoms with Crippen LogP contribution in [0.2, 0.25) is 5.02 Å². The van der Waals surface area contributed by atoms with E-state index in [1.165, 1.54) is 18.3 Å². The second-order valence-electron chi connectivity index (χ2n) is 5.33. The summed E-state index contributed by atoms with van der Waals surface area (Å²) in [5.41, 5.74) is -0.997. The molecule has 0 fully saturated rings. The summed E-state index contributed by atoms with van der Waals surface area (Å²) in [5, 5.41) is 2.65. The monoisotopic (exact) mass is 358 g/mol. The van der Waals surface area contributed by atoms with Crippen molar-refractivity contribution in [2.75, 3.05) is 23.8 Å². The lowest BCUT2D eigenvalue weighted by Crippen LogP contribution is -2.20. The zero-order valence-electron chi connectivity index (χ0n) is 13.4. The Morgan fingerprint density at radius 1 is 1.25 bits per heavy atom. The maximum Gasteiger partial charge on any atom is 0.418 e. The van der Waals surface area contributed by atoms with Crippen LogP contribution in [0, 0.1) is 0 Å². The minimum atomic E-state index is -4.53. The molecule has 1 N–H and O–H groups in total. The number of halogens is 4. The fourth-order valence-electron chi connectivity index (χ4n) is 2.11. The van der Waals surface area contributed by atoms with E-state index in [1.807, 2.05) is 11.9 Å². The zero-order valence-corrected chi connectivity index (χ0v) is 14.1. The molecule has 8 heteroatoms. The Labute approximate surface area is 143 Å². The molecule has 4 nitrogen and oxygen atoms in total. The molecule has 0 aliphatic carbocycles. The van der Waals surface area contributed by atoms with Gasteiger partial charge in [-0.2, -0.15) is 18.2 Å². The molecule has 0 saturated carbocycles. The molecule has 0 atom stereocenters. The maximum absolute atomic E-state index is 13.1. The third-order valence-electron chi connectivity index (χ3n) is 3.41. The highest BCUT2D eigenvalue weighted by Gasteiger charge is 2.34. The van der Waals surface area contributed by atoms with Crippen LogP contribution < -0.4 is 10.2 Å². The summed E-state index contributed by atoms with van der Waals surface area (Å²) in [5.74, 6) is 0.743. The largest absolute Gasteiger partial charge is 0.418 e. The number of hydrogen-bond donors (Lipinski definition) is 1. The SMILES string of the molecule is CCCCN(C)c1ccnc(Nc2ccc(Cl)cc2C(F)(F)F)n1.